The fourth-order valence-corrected chi connectivity index (χ4v) is 5.28. The number of fused-ring (bicyclic) bond motifs is 2. The average molecular weight is 472 g/mol. The Morgan fingerprint density at radius 2 is 1.57 bits per heavy atom. The summed E-state index contributed by atoms with van der Waals surface area (Å²) in [5, 5.41) is 8.71. The molecule has 0 radical (unpaired) electrons. The number of benzene rings is 3. The second-order valence-corrected chi connectivity index (χ2v) is 9.32. The molecule has 2 aliphatic rings. The summed E-state index contributed by atoms with van der Waals surface area (Å²) in [6, 6.07) is 25.8. The number of hydrogen-bond donors (Lipinski definition) is 2. The SMILES string of the molecule is O=C(NO)c1ccc(COC(=O)N2CCC3(CC2)CN(Cc2ccccc2)c2ccccc23)cc1. The number of ether oxygens (including phenoxy) is 1. The van der Waals surface area contributed by atoms with Crippen LogP contribution < -0.4 is 10.4 Å². The molecule has 1 fully saturated rings. The summed E-state index contributed by atoms with van der Waals surface area (Å²) in [4.78, 5) is 28.4. The molecule has 1 saturated heterocycles. The van der Waals surface area contributed by atoms with E-state index in [-0.39, 0.29) is 18.1 Å². The Balaban J connectivity index is 1.20. The number of amides is 2. The largest absolute Gasteiger partial charge is 0.445 e. The molecule has 0 saturated carbocycles. The van der Waals surface area contributed by atoms with Crippen molar-refractivity contribution < 1.29 is 19.5 Å². The molecule has 1 spiro atoms. The van der Waals surface area contributed by atoms with Crippen molar-refractivity contribution in [2.45, 2.75) is 31.4 Å². The molecule has 2 N–H and O–H groups in total. The first kappa shape index (κ1) is 22.9. The van der Waals surface area contributed by atoms with E-state index in [1.807, 2.05) is 6.07 Å². The number of nitrogens with zero attached hydrogens (tertiary/aromatic N) is 2. The van der Waals surface area contributed by atoms with Crippen LogP contribution in [-0.4, -0.2) is 41.7 Å². The molecule has 2 amide bonds. The van der Waals surface area contributed by atoms with Gasteiger partial charge in [-0.15, -0.1) is 0 Å². The van der Waals surface area contributed by atoms with Gasteiger partial charge < -0.3 is 14.5 Å². The first-order chi connectivity index (χ1) is 17.1. The summed E-state index contributed by atoms with van der Waals surface area (Å²) in [6.45, 7) is 3.28. The van der Waals surface area contributed by atoms with Gasteiger partial charge in [-0.05, 0) is 47.7 Å². The van der Waals surface area contributed by atoms with Gasteiger partial charge in [0.15, 0.2) is 0 Å². The van der Waals surface area contributed by atoms with Crippen LogP contribution in [-0.2, 0) is 23.3 Å². The number of piperidine rings is 1. The molecule has 3 aromatic carbocycles. The van der Waals surface area contributed by atoms with Crippen molar-refractivity contribution in [1.29, 1.82) is 0 Å². The summed E-state index contributed by atoms with van der Waals surface area (Å²) >= 11 is 0. The number of para-hydroxylation sites is 1. The predicted octanol–water partition coefficient (Wildman–Crippen LogP) is 4.50. The zero-order chi connectivity index (χ0) is 24.3. The third-order valence-corrected chi connectivity index (χ3v) is 7.18. The van der Waals surface area contributed by atoms with Crippen molar-refractivity contribution in [1.82, 2.24) is 10.4 Å². The maximum absolute atomic E-state index is 12.7. The third-order valence-electron chi connectivity index (χ3n) is 7.18. The van der Waals surface area contributed by atoms with E-state index < -0.39 is 5.91 Å². The normalized spacial score (nSPS) is 16.1. The Labute approximate surface area is 204 Å². The quantitative estimate of drug-likeness (QED) is 0.423. The van der Waals surface area contributed by atoms with Crippen molar-refractivity contribution in [3.05, 3.63) is 101 Å². The minimum absolute atomic E-state index is 0.0469. The zero-order valence-electron chi connectivity index (χ0n) is 19.5. The second kappa shape index (κ2) is 9.80. The minimum Gasteiger partial charge on any atom is -0.445 e. The molecule has 3 aromatic rings. The highest BCUT2D eigenvalue weighted by atomic mass is 16.6. The molecule has 0 unspecified atom stereocenters. The maximum atomic E-state index is 12.7. The summed E-state index contributed by atoms with van der Waals surface area (Å²) < 4.78 is 5.54. The number of rotatable bonds is 5. The molecule has 0 aromatic heterocycles. The first-order valence-corrected chi connectivity index (χ1v) is 11.9. The minimum atomic E-state index is -0.577. The standard InChI is InChI=1S/C28H29N3O4/c32-26(29-34)23-12-10-22(11-13-23)19-35-27(33)30-16-14-28(15-17-30)20-31(18-21-6-2-1-3-7-21)25-9-5-4-8-24(25)28/h1-13,34H,14-20H2,(H,29,32). The lowest BCUT2D eigenvalue weighted by Gasteiger charge is -2.39. The molecular weight excluding hydrogens is 442 g/mol. The van der Waals surface area contributed by atoms with E-state index in [1.54, 1.807) is 34.6 Å². The van der Waals surface area contributed by atoms with E-state index in [2.05, 4.69) is 53.4 Å². The Bertz CT molecular complexity index is 1190. The van der Waals surface area contributed by atoms with Crippen LogP contribution in [0.5, 0.6) is 0 Å². The van der Waals surface area contributed by atoms with Crippen LogP contribution in [0, 0.1) is 0 Å². The van der Waals surface area contributed by atoms with Crippen molar-refractivity contribution in [2.24, 2.45) is 0 Å². The number of anilines is 1. The molecule has 7 nitrogen and oxygen atoms in total. The van der Waals surface area contributed by atoms with Crippen LogP contribution in [0.15, 0.2) is 78.9 Å². The smallest absolute Gasteiger partial charge is 0.410 e. The molecule has 35 heavy (non-hydrogen) atoms. The van der Waals surface area contributed by atoms with Crippen LogP contribution in [0.25, 0.3) is 0 Å². The van der Waals surface area contributed by atoms with E-state index in [4.69, 9.17) is 9.94 Å². The molecule has 180 valence electrons. The van der Waals surface area contributed by atoms with Gasteiger partial charge in [0.2, 0.25) is 0 Å². The molecule has 0 bridgehead atoms. The Hall–Kier alpha value is -3.84. The lowest BCUT2D eigenvalue weighted by molar-refractivity contribution is 0.0705. The highest BCUT2D eigenvalue weighted by Crippen LogP contribution is 2.47. The Kier molecular flexibility index (Phi) is 6.42. The third kappa shape index (κ3) is 4.72. The molecule has 0 atom stereocenters. The number of hydrogen-bond acceptors (Lipinski definition) is 5. The fourth-order valence-electron chi connectivity index (χ4n) is 5.28. The van der Waals surface area contributed by atoms with E-state index in [1.165, 1.54) is 16.8 Å². The number of likely N-dealkylation sites (tertiary alicyclic amines) is 1. The second-order valence-electron chi connectivity index (χ2n) is 9.32. The van der Waals surface area contributed by atoms with E-state index >= 15 is 0 Å². The zero-order valence-corrected chi connectivity index (χ0v) is 19.5. The highest BCUT2D eigenvalue weighted by Gasteiger charge is 2.45. The van der Waals surface area contributed by atoms with Crippen LogP contribution >= 0.6 is 0 Å². The van der Waals surface area contributed by atoms with Crippen molar-refractivity contribution in [3.63, 3.8) is 0 Å². The van der Waals surface area contributed by atoms with Gasteiger partial charge in [-0.1, -0.05) is 60.7 Å². The molecule has 7 heteroatoms. The van der Waals surface area contributed by atoms with Gasteiger partial charge in [0.1, 0.15) is 6.61 Å². The maximum Gasteiger partial charge on any atom is 0.410 e. The van der Waals surface area contributed by atoms with E-state index in [0.29, 0.717) is 18.7 Å². The topological polar surface area (TPSA) is 82.1 Å². The van der Waals surface area contributed by atoms with E-state index in [0.717, 1.165) is 31.5 Å². The highest BCUT2D eigenvalue weighted by molar-refractivity contribution is 5.93. The van der Waals surface area contributed by atoms with Gasteiger partial charge >= 0.3 is 6.09 Å². The van der Waals surface area contributed by atoms with Gasteiger partial charge in [-0.2, -0.15) is 0 Å². The Morgan fingerprint density at radius 1 is 0.886 bits per heavy atom. The van der Waals surface area contributed by atoms with Crippen LogP contribution in [0.2, 0.25) is 0 Å². The molecule has 2 aliphatic heterocycles. The summed E-state index contributed by atoms with van der Waals surface area (Å²) in [7, 11) is 0. The van der Waals surface area contributed by atoms with Gasteiger partial charge in [-0.25, -0.2) is 10.3 Å². The number of carbonyl (C=O) groups is 2. The number of nitrogens with one attached hydrogen (secondary N) is 1. The molecule has 5 rings (SSSR count). The molecular formula is C28H29N3O4. The van der Waals surface area contributed by atoms with Crippen molar-refractivity contribution >= 4 is 17.7 Å². The predicted molar refractivity (Wildman–Crippen MR) is 132 cm³/mol. The van der Waals surface area contributed by atoms with E-state index in [9.17, 15) is 9.59 Å². The lowest BCUT2D eigenvalue weighted by Crippen LogP contribution is -2.47. The average Bonchev–Trinajstić information content (AvgIpc) is 3.20. The van der Waals surface area contributed by atoms with Gasteiger partial charge in [0.25, 0.3) is 5.91 Å². The molecule has 0 aliphatic carbocycles. The molecule has 2 heterocycles. The van der Waals surface area contributed by atoms with Gasteiger partial charge in [0.05, 0.1) is 0 Å². The van der Waals surface area contributed by atoms with Crippen LogP contribution in [0.4, 0.5) is 10.5 Å². The monoisotopic (exact) mass is 471 g/mol. The van der Waals surface area contributed by atoms with Gasteiger partial charge in [0, 0.05) is 42.8 Å². The summed E-state index contributed by atoms with van der Waals surface area (Å²) in [5.41, 5.74) is 6.74. The fraction of sp³-hybridized carbons (Fsp3) is 0.286. The first-order valence-electron chi connectivity index (χ1n) is 11.9. The number of carbonyl (C=O) groups excluding carboxylic acids is 2. The van der Waals surface area contributed by atoms with Crippen molar-refractivity contribution in [2.75, 3.05) is 24.5 Å². The lowest BCUT2D eigenvalue weighted by atomic mass is 9.74. The Morgan fingerprint density at radius 3 is 2.29 bits per heavy atom. The summed E-state index contributed by atoms with van der Waals surface area (Å²) in [5.74, 6) is -0.577. The number of hydroxylamine groups is 1. The van der Waals surface area contributed by atoms with Crippen LogP contribution in [0.3, 0.4) is 0 Å². The van der Waals surface area contributed by atoms with Crippen LogP contribution in [0.1, 0.15) is 39.9 Å². The van der Waals surface area contributed by atoms with Gasteiger partial charge in [-0.3, -0.25) is 10.0 Å². The van der Waals surface area contributed by atoms with Crippen molar-refractivity contribution in [3.8, 4) is 0 Å². The summed E-state index contributed by atoms with van der Waals surface area (Å²) in [6.07, 6.45) is 1.48.